The van der Waals surface area contributed by atoms with Gasteiger partial charge < -0.3 is 5.73 Å². The van der Waals surface area contributed by atoms with Crippen molar-refractivity contribution in [3.8, 4) is 0 Å². The Balaban J connectivity index is 2.56. The number of ketones is 1. The molecule has 0 aliphatic heterocycles. The molecule has 0 heterocycles. The fourth-order valence-electron chi connectivity index (χ4n) is 1.55. The van der Waals surface area contributed by atoms with Crippen LogP contribution in [0.3, 0.4) is 0 Å². The topological polar surface area (TPSA) is 43.1 Å². The van der Waals surface area contributed by atoms with Gasteiger partial charge in [0.05, 0.1) is 5.56 Å². The van der Waals surface area contributed by atoms with Crippen LogP contribution in [-0.4, -0.2) is 5.78 Å². The lowest BCUT2D eigenvalue weighted by molar-refractivity contribution is 0.103. The van der Waals surface area contributed by atoms with Crippen LogP contribution in [0.2, 0.25) is 0 Å². The van der Waals surface area contributed by atoms with Crippen LogP contribution in [0.1, 0.15) is 15.9 Å². The predicted molar refractivity (Wildman–Crippen MR) is 60.6 cm³/mol. The van der Waals surface area contributed by atoms with Gasteiger partial charge in [-0.25, -0.2) is 8.78 Å². The van der Waals surface area contributed by atoms with Crippen LogP contribution in [0.5, 0.6) is 0 Å². The Morgan fingerprint density at radius 3 is 2.12 bits per heavy atom. The summed E-state index contributed by atoms with van der Waals surface area (Å²) in [6.07, 6.45) is 0. The van der Waals surface area contributed by atoms with Crippen LogP contribution in [0.25, 0.3) is 0 Å². The Bertz CT molecular complexity index is 561. The molecule has 2 aromatic carbocycles. The number of hydrogen-bond acceptors (Lipinski definition) is 2. The maximum Gasteiger partial charge on any atom is 0.201 e. The first kappa shape index (κ1) is 11.3. The van der Waals surface area contributed by atoms with E-state index in [9.17, 15) is 13.6 Å². The summed E-state index contributed by atoms with van der Waals surface area (Å²) in [6.45, 7) is 0. The number of para-hydroxylation sites is 1. The zero-order chi connectivity index (χ0) is 12.4. The van der Waals surface area contributed by atoms with Gasteiger partial charge in [-0.15, -0.1) is 0 Å². The van der Waals surface area contributed by atoms with E-state index in [1.165, 1.54) is 18.2 Å². The van der Waals surface area contributed by atoms with E-state index in [1.54, 1.807) is 12.1 Å². The Morgan fingerprint density at radius 1 is 0.941 bits per heavy atom. The highest BCUT2D eigenvalue weighted by Gasteiger charge is 2.19. The van der Waals surface area contributed by atoms with E-state index in [0.717, 1.165) is 12.1 Å². The lowest BCUT2D eigenvalue weighted by Gasteiger charge is -2.06. The summed E-state index contributed by atoms with van der Waals surface area (Å²) in [6, 6.07) is 9.45. The number of nitrogens with two attached hydrogens (primary N) is 1. The molecule has 2 N–H and O–H groups in total. The SMILES string of the molecule is Nc1ccccc1C(=O)c1c(F)cccc1F. The number of rotatable bonds is 2. The second-order valence-corrected chi connectivity index (χ2v) is 3.51. The molecule has 4 heteroatoms. The lowest BCUT2D eigenvalue weighted by Crippen LogP contribution is -2.09. The molecule has 0 amide bonds. The first-order chi connectivity index (χ1) is 8.11. The third-order valence-electron chi connectivity index (χ3n) is 2.40. The summed E-state index contributed by atoms with van der Waals surface area (Å²) in [5.74, 6) is -2.53. The zero-order valence-electron chi connectivity index (χ0n) is 8.78. The summed E-state index contributed by atoms with van der Waals surface area (Å²) in [5, 5.41) is 0. The first-order valence-electron chi connectivity index (χ1n) is 4.94. The van der Waals surface area contributed by atoms with E-state index < -0.39 is 23.0 Å². The number of benzene rings is 2. The summed E-state index contributed by atoms with van der Waals surface area (Å²) in [7, 11) is 0. The molecule has 2 nitrogen and oxygen atoms in total. The van der Waals surface area contributed by atoms with Crippen molar-refractivity contribution in [2.24, 2.45) is 0 Å². The van der Waals surface area contributed by atoms with Crippen molar-refractivity contribution < 1.29 is 13.6 Å². The normalized spacial score (nSPS) is 10.2. The molecular formula is C13H9F2NO. The van der Waals surface area contributed by atoms with Crippen LogP contribution in [0.15, 0.2) is 42.5 Å². The quantitative estimate of drug-likeness (QED) is 0.640. The number of halogens is 2. The highest BCUT2D eigenvalue weighted by Crippen LogP contribution is 2.20. The van der Waals surface area contributed by atoms with Crippen LogP contribution in [0, 0.1) is 11.6 Å². The number of hydrogen-bond donors (Lipinski definition) is 1. The van der Waals surface area contributed by atoms with Gasteiger partial charge in [0.25, 0.3) is 0 Å². The van der Waals surface area contributed by atoms with Gasteiger partial charge in [-0.1, -0.05) is 18.2 Å². The molecule has 0 aliphatic rings. The molecule has 0 atom stereocenters. The summed E-state index contributed by atoms with van der Waals surface area (Å²) >= 11 is 0. The molecule has 0 unspecified atom stereocenters. The van der Waals surface area contributed by atoms with Gasteiger partial charge in [0.2, 0.25) is 5.78 Å². The van der Waals surface area contributed by atoms with Gasteiger partial charge in [0, 0.05) is 11.3 Å². The van der Waals surface area contributed by atoms with Crippen LogP contribution in [-0.2, 0) is 0 Å². The molecule has 0 bridgehead atoms. The second-order valence-electron chi connectivity index (χ2n) is 3.51. The number of carbonyl (C=O) groups is 1. The molecule has 86 valence electrons. The summed E-state index contributed by atoms with van der Waals surface area (Å²) in [5.41, 5.74) is 5.30. The fraction of sp³-hybridized carbons (Fsp3) is 0. The summed E-state index contributed by atoms with van der Waals surface area (Å²) < 4.78 is 26.8. The average Bonchev–Trinajstić information content (AvgIpc) is 2.29. The standard InChI is InChI=1S/C13H9F2NO/c14-9-5-3-6-10(15)12(9)13(17)8-4-1-2-7-11(8)16/h1-7H,16H2. The van der Waals surface area contributed by atoms with Crippen molar-refractivity contribution in [1.29, 1.82) is 0 Å². The smallest absolute Gasteiger partial charge is 0.201 e. The largest absolute Gasteiger partial charge is 0.398 e. The van der Waals surface area contributed by atoms with Gasteiger partial charge in [-0.2, -0.15) is 0 Å². The molecule has 0 aromatic heterocycles. The Kier molecular flexibility index (Phi) is 2.87. The molecule has 0 fully saturated rings. The third-order valence-corrected chi connectivity index (χ3v) is 2.40. The maximum atomic E-state index is 13.4. The minimum atomic E-state index is -0.891. The zero-order valence-corrected chi connectivity index (χ0v) is 8.78. The van der Waals surface area contributed by atoms with Crippen LogP contribution in [0.4, 0.5) is 14.5 Å². The van der Waals surface area contributed by atoms with E-state index in [4.69, 9.17) is 5.73 Å². The molecule has 2 rings (SSSR count). The highest BCUT2D eigenvalue weighted by atomic mass is 19.1. The predicted octanol–water partition coefficient (Wildman–Crippen LogP) is 2.78. The lowest BCUT2D eigenvalue weighted by atomic mass is 10.0. The molecule has 0 spiro atoms. The molecule has 0 radical (unpaired) electrons. The van der Waals surface area contributed by atoms with Crippen molar-refractivity contribution in [2.45, 2.75) is 0 Å². The van der Waals surface area contributed by atoms with Crippen molar-refractivity contribution in [3.05, 3.63) is 65.2 Å². The van der Waals surface area contributed by atoms with Gasteiger partial charge in [-0.3, -0.25) is 4.79 Å². The van der Waals surface area contributed by atoms with E-state index >= 15 is 0 Å². The Morgan fingerprint density at radius 2 is 1.53 bits per heavy atom. The Labute approximate surface area is 96.7 Å². The van der Waals surface area contributed by atoms with Gasteiger partial charge in [0.15, 0.2) is 0 Å². The number of carbonyl (C=O) groups excluding carboxylic acids is 1. The van der Waals surface area contributed by atoms with E-state index in [2.05, 4.69) is 0 Å². The third kappa shape index (κ3) is 2.01. The molecule has 0 aliphatic carbocycles. The number of anilines is 1. The number of nitrogen functional groups attached to an aromatic ring is 1. The summed E-state index contributed by atoms with van der Waals surface area (Å²) in [4.78, 5) is 11.9. The second kappa shape index (κ2) is 4.33. The molecule has 0 saturated carbocycles. The monoisotopic (exact) mass is 233 g/mol. The molecular weight excluding hydrogens is 224 g/mol. The fourth-order valence-corrected chi connectivity index (χ4v) is 1.55. The van der Waals surface area contributed by atoms with E-state index in [0.29, 0.717) is 0 Å². The van der Waals surface area contributed by atoms with Crippen LogP contribution < -0.4 is 5.73 Å². The van der Waals surface area contributed by atoms with Crippen molar-refractivity contribution >= 4 is 11.5 Å². The average molecular weight is 233 g/mol. The van der Waals surface area contributed by atoms with E-state index in [1.807, 2.05) is 0 Å². The van der Waals surface area contributed by atoms with Gasteiger partial charge in [0.1, 0.15) is 11.6 Å². The van der Waals surface area contributed by atoms with Crippen molar-refractivity contribution in [1.82, 2.24) is 0 Å². The van der Waals surface area contributed by atoms with Gasteiger partial charge in [-0.05, 0) is 24.3 Å². The highest BCUT2D eigenvalue weighted by molar-refractivity contribution is 6.12. The maximum absolute atomic E-state index is 13.4. The Hall–Kier alpha value is -2.23. The minimum Gasteiger partial charge on any atom is -0.398 e. The van der Waals surface area contributed by atoms with Gasteiger partial charge >= 0.3 is 0 Å². The molecule has 2 aromatic rings. The van der Waals surface area contributed by atoms with E-state index in [-0.39, 0.29) is 11.3 Å². The molecule has 17 heavy (non-hydrogen) atoms. The first-order valence-corrected chi connectivity index (χ1v) is 4.94. The van der Waals surface area contributed by atoms with Crippen molar-refractivity contribution in [2.75, 3.05) is 5.73 Å². The molecule has 0 saturated heterocycles. The van der Waals surface area contributed by atoms with Crippen LogP contribution >= 0.6 is 0 Å². The van der Waals surface area contributed by atoms with Crippen molar-refractivity contribution in [3.63, 3.8) is 0 Å². The minimum absolute atomic E-state index is 0.0940.